The molecule has 4 nitrogen and oxygen atoms in total. The molecule has 1 fully saturated rings. The number of hydrogen-bond acceptors (Lipinski definition) is 6. The van der Waals surface area contributed by atoms with E-state index in [2.05, 4.69) is 41.4 Å². The number of aromatic nitrogens is 2. The summed E-state index contributed by atoms with van der Waals surface area (Å²) in [4.78, 5) is 10.5. The summed E-state index contributed by atoms with van der Waals surface area (Å²) in [7, 11) is 0. The van der Waals surface area contributed by atoms with Crippen molar-refractivity contribution in [3.63, 3.8) is 0 Å². The third kappa shape index (κ3) is 2.87. The van der Waals surface area contributed by atoms with Gasteiger partial charge in [0.15, 0.2) is 5.13 Å². The largest absolute Gasteiger partial charge is 0.371 e. The average Bonchev–Trinajstić information content (AvgIpc) is 3.07. The molecule has 0 spiro atoms. The van der Waals surface area contributed by atoms with Gasteiger partial charge in [-0.1, -0.05) is 0 Å². The van der Waals surface area contributed by atoms with E-state index in [1.807, 2.05) is 0 Å². The molecule has 3 heterocycles. The summed E-state index contributed by atoms with van der Waals surface area (Å²) >= 11 is 3.37. The molecule has 0 aliphatic carbocycles. The van der Waals surface area contributed by atoms with Crippen molar-refractivity contribution in [2.45, 2.75) is 45.8 Å². The first-order valence-corrected chi connectivity index (χ1v) is 8.64. The number of thiazole rings is 2. The van der Waals surface area contributed by atoms with Crippen LogP contribution in [0.1, 0.15) is 43.5 Å². The van der Waals surface area contributed by atoms with Gasteiger partial charge in [-0.3, -0.25) is 0 Å². The summed E-state index contributed by atoms with van der Waals surface area (Å²) in [5, 5.41) is 7.52. The van der Waals surface area contributed by atoms with E-state index in [9.17, 15) is 0 Å². The van der Waals surface area contributed by atoms with E-state index in [0.29, 0.717) is 6.04 Å². The zero-order chi connectivity index (χ0) is 14.1. The summed E-state index contributed by atoms with van der Waals surface area (Å²) in [5.41, 5.74) is 2.08. The lowest BCUT2D eigenvalue weighted by Gasteiger charge is -2.04. The van der Waals surface area contributed by atoms with Crippen molar-refractivity contribution in [1.29, 1.82) is 0 Å². The van der Waals surface area contributed by atoms with Gasteiger partial charge in [0.25, 0.3) is 0 Å². The van der Waals surface area contributed by atoms with Crippen LogP contribution in [0.15, 0.2) is 5.38 Å². The molecule has 1 N–H and O–H groups in total. The Kier molecular flexibility index (Phi) is 4.05. The van der Waals surface area contributed by atoms with Crippen molar-refractivity contribution in [3.05, 3.63) is 16.1 Å². The molecule has 20 heavy (non-hydrogen) atoms. The first-order valence-electron chi connectivity index (χ1n) is 6.95. The van der Waals surface area contributed by atoms with Crippen LogP contribution in [0.2, 0.25) is 0 Å². The SMILES string of the molecule is Cc1nc(C2CCCO2)sc1-c1csc(NC(C)C)n1. The fraction of sp³-hybridized carbons (Fsp3) is 0.571. The number of rotatable bonds is 4. The van der Waals surface area contributed by atoms with Crippen molar-refractivity contribution in [1.82, 2.24) is 9.97 Å². The third-order valence-corrected chi connectivity index (χ3v) is 5.21. The predicted molar refractivity (Wildman–Crippen MR) is 84.6 cm³/mol. The molecule has 1 unspecified atom stereocenters. The smallest absolute Gasteiger partial charge is 0.183 e. The topological polar surface area (TPSA) is 47.0 Å². The van der Waals surface area contributed by atoms with Crippen LogP contribution in [0.5, 0.6) is 0 Å². The number of ether oxygens (including phenoxy) is 1. The summed E-state index contributed by atoms with van der Waals surface area (Å²) < 4.78 is 5.72. The standard InChI is InChI=1S/C14H19N3OS2/c1-8(2)15-14-17-10(7-19-14)12-9(3)16-13(20-12)11-5-4-6-18-11/h7-8,11H,4-6H2,1-3H3,(H,15,17). The molecule has 0 radical (unpaired) electrons. The van der Waals surface area contributed by atoms with Crippen LogP contribution in [-0.2, 0) is 4.74 Å². The third-order valence-electron chi connectivity index (χ3n) is 3.17. The first kappa shape index (κ1) is 14.0. The molecule has 2 aromatic rings. The predicted octanol–water partition coefficient (Wildman–Crippen LogP) is 4.25. The normalized spacial score (nSPS) is 18.9. The zero-order valence-corrected chi connectivity index (χ0v) is 13.6. The van der Waals surface area contributed by atoms with E-state index in [1.54, 1.807) is 22.7 Å². The van der Waals surface area contributed by atoms with Gasteiger partial charge >= 0.3 is 0 Å². The minimum atomic E-state index is 0.194. The van der Waals surface area contributed by atoms with Gasteiger partial charge in [-0.05, 0) is 33.6 Å². The molecule has 2 aromatic heterocycles. The highest BCUT2D eigenvalue weighted by atomic mass is 32.1. The van der Waals surface area contributed by atoms with E-state index in [4.69, 9.17) is 4.74 Å². The summed E-state index contributed by atoms with van der Waals surface area (Å²) in [6, 6.07) is 0.402. The highest BCUT2D eigenvalue weighted by molar-refractivity contribution is 7.16. The Morgan fingerprint density at radius 1 is 1.40 bits per heavy atom. The van der Waals surface area contributed by atoms with E-state index >= 15 is 0 Å². The van der Waals surface area contributed by atoms with Crippen LogP contribution in [-0.4, -0.2) is 22.6 Å². The molecule has 0 bridgehead atoms. The number of nitrogens with one attached hydrogen (secondary N) is 1. The highest BCUT2D eigenvalue weighted by Crippen LogP contribution is 2.38. The summed E-state index contributed by atoms with van der Waals surface area (Å²) in [5.74, 6) is 0. The minimum absolute atomic E-state index is 0.194. The monoisotopic (exact) mass is 309 g/mol. The van der Waals surface area contributed by atoms with Gasteiger partial charge in [-0.2, -0.15) is 0 Å². The van der Waals surface area contributed by atoms with Gasteiger partial charge in [0.2, 0.25) is 0 Å². The second kappa shape index (κ2) is 5.79. The van der Waals surface area contributed by atoms with Crippen LogP contribution >= 0.6 is 22.7 Å². The fourth-order valence-corrected chi connectivity index (χ4v) is 4.29. The van der Waals surface area contributed by atoms with Gasteiger partial charge < -0.3 is 10.1 Å². The molecule has 0 aromatic carbocycles. The van der Waals surface area contributed by atoms with Crippen LogP contribution in [0.4, 0.5) is 5.13 Å². The van der Waals surface area contributed by atoms with Gasteiger partial charge in [-0.25, -0.2) is 9.97 Å². The van der Waals surface area contributed by atoms with Gasteiger partial charge in [0.1, 0.15) is 11.1 Å². The van der Waals surface area contributed by atoms with E-state index in [0.717, 1.165) is 41.0 Å². The van der Waals surface area contributed by atoms with Crippen LogP contribution in [0, 0.1) is 6.92 Å². The number of nitrogens with zero attached hydrogens (tertiary/aromatic N) is 2. The molecule has 1 atom stereocenters. The first-order chi connectivity index (χ1) is 9.63. The van der Waals surface area contributed by atoms with Crippen molar-refractivity contribution in [2.75, 3.05) is 11.9 Å². The Morgan fingerprint density at radius 3 is 2.95 bits per heavy atom. The maximum atomic E-state index is 5.72. The average molecular weight is 309 g/mol. The fourth-order valence-electron chi connectivity index (χ4n) is 2.26. The highest BCUT2D eigenvalue weighted by Gasteiger charge is 2.23. The van der Waals surface area contributed by atoms with Crippen molar-refractivity contribution < 1.29 is 4.74 Å². The van der Waals surface area contributed by atoms with Crippen molar-refractivity contribution in [2.24, 2.45) is 0 Å². The van der Waals surface area contributed by atoms with Gasteiger partial charge in [0.05, 0.1) is 16.3 Å². The van der Waals surface area contributed by atoms with E-state index in [-0.39, 0.29) is 6.10 Å². The Bertz CT molecular complexity index is 585. The number of anilines is 1. The molecule has 108 valence electrons. The molecular weight excluding hydrogens is 290 g/mol. The van der Waals surface area contributed by atoms with Crippen molar-refractivity contribution >= 4 is 27.8 Å². The quantitative estimate of drug-likeness (QED) is 0.917. The minimum Gasteiger partial charge on any atom is -0.371 e. The zero-order valence-electron chi connectivity index (χ0n) is 12.0. The summed E-state index contributed by atoms with van der Waals surface area (Å²) in [6.07, 6.45) is 2.42. The lowest BCUT2D eigenvalue weighted by Crippen LogP contribution is -2.08. The lowest BCUT2D eigenvalue weighted by molar-refractivity contribution is 0.111. The second-order valence-corrected chi connectivity index (χ2v) is 7.19. The van der Waals surface area contributed by atoms with Crippen LogP contribution in [0.3, 0.4) is 0 Å². The molecular formula is C14H19N3OS2. The van der Waals surface area contributed by atoms with E-state index in [1.165, 1.54) is 4.88 Å². The summed E-state index contributed by atoms with van der Waals surface area (Å²) in [6.45, 7) is 7.15. The maximum Gasteiger partial charge on any atom is 0.183 e. The molecule has 1 saturated heterocycles. The lowest BCUT2D eigenvalue weighted by atomic mass is 10.2. The molecule has 1 aliphatic rings. The van der Waals surface area contributed by atoms with Crippen LogP contribution < -0.4 is 5.32 Å². The maximum absolute atomic E-state index is 5.72. The number of aryl methyl sites for hydroxylation is 1. The molecule has 3 rings (SSSR count). The number of hydrogen-bond donors (Lipinski definition) is 1. The molecule has 0 saturated carbocycles. The van der Waals surface area contributed by atoms with Crippen LogP contribution in [0.25, 0.3) is 10.6 Å². The Labute approximate surface area is 127 Å². The molecule has 6 heteroatoms. The second-order valence-electron chi connectivity index (χ2n) is 5.31. The Balaban J connectivity index is 1.84. The van der Waals surface area contributed by atoms with Gasteiger partial charge in [0, 0.05) is 18.0 Å². The Hall–Kier alpha value is -0.980. The van der Waals surface area contributed by atoms with Gasteiger partial charge in [-0.15, -0.1) is 22.7 Å². The molecule has 0 amide bonds. The van der Waals surface area contributed by atoms with E-state index < -0.39 is 0 Å². The van der Waals surface area contributed by atoms with Crippen molar-refractivity contribution in [3.8, 4) is 10.6 Å². The molecule has 1 aliphatic heterocycles. The Morgan fingerprint density at radius 2 is 2.25 bits per heavy atom.